The number of anilines is 2. The van der Waals surface area contributed by atoms with Crippen LogP contribution in [0.25, 0.3) is 0 Å². The molecule has 0 aliphatic carbocycles. The predicted octanol–water partition coefficient (Wildman–Crippen LogP) is 4.74. The minimum Gasteiger partial charge on any atom is -0.489 e. The second kappa shape index (κ2) is 8.73. The van der Waals surface area contributed by atoms with Crippen LogP contribution in [0.5, 0.6) is 5.75 Å². The Kier molecular flexibility index (Phi) is 5.91. The van der Waals surface area contributed by atoms with Gasteiger partial charge in [-0.25, -0.2) is 0 Å². The Morgan fingerprint density at radius 1 is 0.964 bits per heavy atom. The molecule has 0 radical (unpaired) electrons. The maximum Gasteiger partial charge on any atom is 0.291 e. The normalized spacial score (nSPS) is 10.2. The van der Waals surface area contributed by atoms with E-state index in [1.54, 1.807) is 60.7 Å². The molecular weight excluding hydrogens is 356 g/mol. The van der Waals surface area contributed by atoms with Crippen molar-refractivity contribution in [1.29, 1.82) is 0 Å². The highest BCUT2D eigenvalue weighted by Crippen LogP contribution is 2.18. The maximum absolute atomic E-state index is 12.4. The van der Waals surface area contributed by atoms with E-state index in [-0.39, 0.29) is 17.6 Å². The zero-order chi connectivity index (χ0) is 19.9. The number of amides is 2. The minimum atomic E-state index is -0.362. The molecule has 142 valence electrons. The summed E-state index contributed by atoms with van der Waals surface area (Å²) in [5.41, 5.74) is 2.51. The molecule has 6 heteroatoms. The van der Waals surface area contributed by atoms with Crippen molar-refractivity contribution in [2.45, 2.75) is 6.92 Å². The summed E-state index contributed by atoms with van der Waals surface area (Å²) in [5, 5.41) is 5.53. The lowest BCUT2D eigenvalue weighted by Crippen LogP contribution is -2.13. The first kappa shape index (κ1) is 19.0. The van der Waals surface area contributed by atoms with Crippen molar-refractivity contribution in [2.24, 2.45) is 0 Å². The first-order valence-electron chi connectivity index (χ1n) is 8.65. The smallest absolute Gasteiger partial charge is 0.291 e. The summed E-state index contributed by atoms with van der Waals surface area (Å²) in [6, 6.07) is 16.9. The fraction of sp³-hybridized carbons (Fsp3) is 0.0909. The van der Waals surface area contributed by atoms with Crippen LogP contribution in [0.2, 0.25) is 0 Å². The van der Waals surface area contributed by atoms with Crippen LogP contribution < -0.4 is 15.4 Å². The lowest BCUT2D eigenvalue weighted by atomic mass is 10.2. The van der Waals surface area contributed by atoms with Crippen LogP contribution in [-0.2, 0) is 0 Å². The third kappa shape index (κ3) is 5.11. The molecule has 2 N–H and O–H groups in total. The standard InChI is InChI=1S/C22H20N2O4/c1-15(2)14-28-19-10-8-16(9-11-19)21(25)23-17-5-3-6-18(13-17)24-22(26)20-7-4-12-27-20/h3-13H,1,14H2,2H3,(H,23,25)(H,24,26). The van der Waals surface area contributed by atoms with Crippen LogP contribution in [0.3, 0.4) is 0 Å². The van der Waals surface area contributed by atoms with E-state index >= 15 is 0 Å². The summed E-state index contributed by atoms with van der Waals surface area (Å²) in [6.07, 6.45) is 1.43. The Bertz CT molecular complexity index is 976. The average molecular weight is 376 g/mol. The van der Waals surface area contributed by atoms with Gasteiger partial charge in [-0.1, -0.05) is 12.6 Å². The van der Waals surface area contributed by atoms with E-state index in [0.29, 0.717) is 29.3 Å². The zero-order valence-corrected chi connectivity index (χ0v) is 15.4. The van der Waals surface area contributed by atoms with Crippen molar-refractivity contribution in [2.75, 3.05) is 17.2 Å². The van der Waals surface area contributed by atoms with E-state index in [0.717, 1.165) is 5.57 Å². The first-order valence-corrected chi connectivity index (χ1v) is 8.65. The molecule has 6 nitrogen and oxygen atoms in total. The highest BCUT2D eigenvalue weighted by Gasteiger charge is 2.10. The number of rotatable bonds is 7. The molecule has 1 heterocycles. The largest absolute Gasteiger partial charge is 0.489 e. The summed E-state index contributed by atoms with van der Waals surface area (Å²) in [4.78, 5) is 24.5. The van der Waals surface area contributed by atoms with Gasteiger partial charge in [0.2, 0.25) is 0 Å². The molecule has 0 saturated carbocycles. The fourth-order valence-electron chi connectivity index (χ4n) is 2.39. The molecule has 0 saturated heterocycles. The number of carbonyl (C=O) groups is 2. The van der Waals surface area contributed by atoms with Crippen molar-refractivity contribution in [3.63, 3.8) is 0 Å². The van der Waals surface area contributed by atoms with Crippen LogP contribution in [-0.4, -0.2) is 18.4 Å². The highest BCUT2D eigenvalue weighted by molar-refractivity contribution is 6.05. The average Bonchev–Trinajstić information content (AvgIpc) is 3.22. The molecule has 2 aromatic carbocycles. The topological polar surface area (TPSA) is 80.6 Å². The molecule has 3 rings (SSSR count). The number of carbonyl (C=O) groups excluding carboxylic acids is 2. The number of ether oxygens (including phenoxy) is 1. The molecule has 28 heavy (non-hydrogen) atoms. The van der Waals surface area contributed by atoms with Gasteiger partial charge in [-0.3, -0.25) is 9.59 Å². The minimum absolute atomic E-state index is 0.211. The van der Waals surface area contributed by atoms with Gasteiger partial charge < -0.3 is 19.8 Å². The summed E-state index contributed by atoms with van der Waals surface area (Å²) in [5.74, 6) is 0.255. The quantitative estimate of drug-likeness (QED) is 0.584. The molecule has 1 aromatic heterocycles. The summed E-state index contributed by atoms with van der Waals surface area (Å²) < 4.78 is 10.6. The highest BCUT2D eigenvalue weighted by atomic mass is 16.5. The lowest BCUT2D eigenvalue weighted by molar-refractivity contribution is 0.0995. The maximum atomic E-state index is 12.4. The van der Waals surface area contributed by atoms with Crippen LogP contribution in [0.4, 0.5) is 11.4 Å². The summed E-state index contributed by atoms with van der Waals surface area (Å²) in [7, 11) is 0. The Hall–Kier alpha value is -3.80. The SMILES string of the molecule is C=C(C)COc1ccc(C(=O)Nc2cccc(NC(=O)c3ccco3)c2)cc1. The number of nitrogens with one attached hydrogen (secondary N) is 2. The summed E-state index contributed by atoms with van der Waals surface area (Å²) >= 11 is 0. The Morgan fingerprint density at radius 2 is 1.64 bits per heavy atom. The van der Waals surface area contributed by atoms with Gasteiger partial charge in [0.15, 0.2) is 5.76 Å². The molecule has 0 bridgehead atoms. The van der Waals surface area contributed by atoms with Crippen molar-refractivity contribution >= 4 is 23.2 Å². The first-order chi connectivity index (χ1) is 13.5. The number of furan rings is 1. The summed E-state index contributed by atoms with van der Waals surface area (Å²) in [6.45, 7) is 6.10. The molecule has 0 atom stereocenters. The van der Waals surface area contributed by atoms with Crippen molar-refractivity contribution in [3.8, 4) is 5.75 Å². The molecule has 0 fully saturated rings. The Morgan fingerprint density at radius 3 is 2.25 bits per heavy atom. The Labute approximate surface area is 162 Å². The molecular formula is C22H20N2O4. The van der Waals surface area contributed by atoms with Gasteiger partial charge in [-0.05, 0) is 67.1 Å². The number of benzene rings is 2. The van der Waals surface area contributed by atoms with Gasteiger partial charge >= 0.3 is 0 Å². The van der Waals surface area contributed by atoms with Gasteiger partial charge in [0, 0.05) is 16.9 Å². The molecule has 0 unspecified atom stereocenters. The predicted molar refractivity (Wildman–Crippen MR) is 108 cm³/mol. The van der Waals surface area contributed by atoms with Crippen LogP contribution >= 0.6 is 0 Å². The van der Waals surface area contributed by atoms with E-state index in [9.17, 15) is 9.59 Å². The van der Waals surface area contributed by atoms with Crippen LogP contribution in [0.15, 0.2) is 83.5 Å². The monoisotopic (exact) mass is 376 g/mol. The van der Waals surface area contributed by atoms with Gasteiger partial charge in [-0.15, -0.1) is 0 Å². The molecule has 2 amide bonds. The second-order valence-corrected chi connectivity index (χ2v) is 6.24. The van der Waals surface area contributed by atoms with E-state index in [4.69, 9.17) is 9.15 Å². The zero-order valence-electron chi connectivity index (χ0n) is 15.4. The number of hydrogen-bond acceptors (Lipinski definition) is 4. The van der Waals surface area contributed by atoms with Crippen molar-refractivity contribution in [1.82, 2.24) is 0 Å². The second-order valence-electron chi connectivity index (χ2n) is 6.24. The van der Waals surface area contributed by atoms with Crippen molar-refractivity contribution in [3.05, 3.63) is 90.4 Å². The molecule has 0 aliphatic heterocycles. The van der Waals surface area contributed by atoms with Gasteiger partial charge in [0.05, 0.1) is 6.26 Å². The van der Waals surface area contributed by atoms with E-state index in [2.05, 4.69) is 17.2 Å². The van der Waals surface area contributed by atoms with E-state index < -0.39 is 0 Å². The van der Waals surface area contributed by atoms with Crippen LogP contribution in [0.1, 0.15) is 27.8 Å². The number of hydrogen-bond donors (Lipinski definition) is 2. The third-order valence-corrected chi connectivity index (χ3v) is 3.73. The fourth-order valence-corrected chi connectivity index (χ4v) is 2.39. The Balaban J connectivity index is 1.62. The molecule has 3 aromatic rings. The van der Waals surface area contributed by atoms with E-state index in [1.165, 1.54) is 6.26 Å². The van der Waals surface area contributed by atoms with Crippen LogP contribution in [0, 0.1) is 0 Å². The van der Waals surface area contributed by atoms with Gasteiger partial charge in [0.1, 0.15) is 12.4 Å². The molecule has 0 aliphatic rings. The third-order valence-electron chi connectivity index (χ3n) is 3.73. The molecule has 0 spiro atoms. The van der Waals surface area contributed by atoms with E-state index in [1.807, 2.05) is 6.92 Å². The lowest BCUT2D eigenvalue weighted by Gasteiger charge is -2.09. The van der Waals surface area contributed by atoms with Crippen molar-refractivity contribution < 1.29 is 18.7 Å². The van der Waals surface area contributed by atoms with Gasteiger partial charge in [0.25, 0.3) is 11.8 Å². The van der Waals surface area contributed by atoms with Gasteiger partial charge in [-0.2, -0.15) is 0 Å².